The first-order valence-corrected chi connectivity index (χ1v) is 10.7. The second-order valence-electron chi connectivity index (χ2n) is 7.47. The number of nitrogens with one attached hydrogen (secondary N) is 3. The van der Waals surface area contributed by atoms with E-state index in [1.807, 2.05) is 0 Å². The van der Waals surface area contributed by atoms with Gasteiger partial charge in [-0.05, 0) is 36.4 Å². The average molecular weight is 490 g/mol. The maximum atomic E-state index is 15.4. The smallest absolute Gasteiger partial charge is 0.350 e. The molecule has 5 N–H and O–H groups in total. The monoisotopic (exact) mass is 490 g/mol. The number of methoxy groups -OCH3 is 1. The number of aromatic nitrogens is 5. The van der Waals surface area contributed by atoms with Crippen molar-refractivity contribution in [3.8, 4) is 17.4 Å². The molecular weight excluding hydrogens is 467 g/mol. The minimum Gasteiger partial charge on any atom is -0.493 e. The third-order valence-corrected chi connectivity index (χ3v) is 5.11. The Morgan fingerprint density at radius 2 is 2.00 bits per heavy atom. The highest BCUT2D eigenvalue weighted by molar-refractivity contribution is 5.95. The Morgan fingerprint density at radius 1 is 1.28 bits per heavy atom. The van der Waals surface area contributed by atoms with Crippen molar-refractivity contribution < 1.29 is 13.9 Å². The van der Waals surface area contributed by atoms with Crippen LogP contribution in [0.4, 0.5) is 10.1 Å². The third-order valence-electron chi connectivity index (χ3n) is 5.11. The minimum absolute atomic E-state index is 0.0553. The molecule has 0 aliphatic rings. The Bertz CT molecular complexity index is 1430. The number of halogens is 1. The van der Waals surface area contributed by atoms with Crippen LogP contribution < -0.4 is 26.2 Å². The summed E-state index contributed by atoms with van der Waals surface area (Å²) >= 11 is 0. The second kappa shape index (κ2) is 10.5. The lowest BCUT2D eigenvalue weighted by molar-refractivity contribution is 0.324. The Hall–Kier alpha value is -5.00. The van der Waals surface area contributed by atoms with Gasteiger partial charge in [0, 0.05) is 35.3 Å². The van der Waals surface area contributed by atoms with Crippen molar-refractivity contribution in [3.05, 3.63) is 101 Å². The van der Waals surface area contributed by atoms with Crippen LogP contribution in [0.3, 0.4) is 0 Å². The van der Waals surface area contributed by atoms with E-state index in [0.717, 1.165) is 4.68 Å². The zero-order chi connectivity index (χ0) is 25.7. The molecule has 2 aromatic carbocycles. The predicted octanol–water partition coefficient (Wildman–Crippen LogP) is 2.55. The molecule has 2 heterocycles. The molecule has 1 atom stereocenters. The van der Waals surface area contributed by atoms with E-state index in [2.05, 4.69) is 31.9 Å². The summed E-state index contributed by atoms with van der Waals surface area (Å²) in [7, 11) is 1.40. The van der Waals surface area contributed by atoms with Gasteiger partial charge in [0.15, 0.2) is 17.3 Å². The van der Waals surface area contributed by atoms with E-state index in [4.69, 9.17) is 20.6 Å². The van der Waals surface area contributed by atoms with Crippen LogP contribution in [0.5, 0.6) is 11.5 Å². The van der Waals surface area contributed by atoms with E-state index in [0.29, 0.717) is 11.3 Å². The van der Waals surface area contributed by atoms with E-state index >= 15 is 4.39 Å². The number of anilines is 1. The number of hydrogen-bond acceptors (Lipinski definition) is 8. The van der Waals surface area contributed by atoms with E-state index in [1.165, 1.54) is 31.6 Å². The van der Waals surface area contributed by atoms with Gasteiger partial charge in [-0.2, -0.15) is 0 Å². The van der Waals surface area contributed by atoms with Crippen molar-refractivity contribution in [2.75, 3.05) is 19.0 Å². The molecule has 0 saturated heterocycles. The van der Waals surface area contributed by atoms with Gasteiger partial charge in [0.25, 0.3) is 5.95 Å². The summed E-state index contributed by atoms with van der Waals surface area (Å²) in [5, 5.41) is 15.1. The topological polar surface area (TPSA) is 157 Å². The Kier molecular flexibility index (Phi) is 7.04. The SMILES string of the molecule is C=CCOc1cc(C(Nc2ccc(C(=N)N)cc2)c2nn(-c3ncccn3)c(=O)[nH]2)c(F)cc1OC. The summed E-state index contributed by atoms with van der Waals surface area (Å²) in [4.78, 5) is 23.4. The molecule has 11 nitrogen and oxygen atoms in total. The van der Waals surface area contributed by atoms with Gasteiger partial charge < -0.3 is 20.5 Å². The van der Waals surface area contributed by atoms with Gasteiger partial charge in [0.05, 0.1) is 7.11 Å². The van der Waals surface area contributed by atoms with Gasteiger partial charge in [-0.15, -0.1) is 9.78 Å². The molecule has 4 rings (SSSR count). The van der Waals surface area contributed by atoms with Crippen molar-refractivity contribution in [1.82, 2.24) is 24.7 Å². The molecule has 0 aliphatic carbocycles. The number of rotatable bonds is 10. The van der Waals surface area contributed by atoms with E-state index in [-0.39, 0.29) is 41.3 Å². The third kappa shape index (κ3) is 5.06. The van der Waals surface area contributed by atoms with Gasteiger partial charge in [-0.3, -0.25) is 10.4 Å². The fourth-order valence-corrected chi connectivity index (χ4v) is 3.41. The van der Waals surface area contributed by atoms with Crippen molar-refractivity contribution in [1.29, 1.82) is 5.41 Å². The molecule has 184 valence electrons. The summed E-state index contributed by atoms with van der Waals surface area (Å²) in [6, 6.07) is 9.93. The zero-order valence-corrected chi connectivity index (χ0v) is 19.2. The molecule has 0 fully saturated rings. The number of nitrogens with two attached hydrogens (primary N) is 1. The van der Waals surface area contributed by atoms with Crippen LogP contribution in [0.2, 0.25) is 0 Å². The first kappa shape index (κ1) is 24.1. The highest BCUT2D eigenvalue weighted by Gasteiger charge is 2.26. The Balaban J connectivity index is 1.83. The first-order chi connectivity index (χ1) is 17.4. The number of benzene rings is 2. The van der Waals surface area contributed by atoms with Gasteiger partial charge >= 0.3 is 5.69 Å². The van der Waals surface area contributed by atoms with Crippen LogP contribution in [0.15, 0.2) is 72.3 Å². The summed E-state index contributed by atoms with van der Waals surface area (Å²) in [5.74, 6) is -0.0852. The van der Waals surface area contributed by atoms with E-state index < -0.39 is 17.5 Å². The molecule has 0 bridgehead atoms. The minimum atomic E-state index is -0.970. The van der Waals surface area contributed by atoms with E-state index in [9.17, 15) is 4.79 Å². The molecular formula is C24H23FN8O3. The van der Waals surface area contributed by atoms with Crippen molar-refractivity contribution in [3.63, 3.8) is 0 Å². The lowest BCUT2D eigenvalue weighted by atomic mass is 10.0. The zero-order valence-electron chi connectivity index (χ0n) is 19.2. The Labute approximate surface area is 204 Å². The number of aromatic amines is 1. The molecule has 0 saturated carbocycles. The average Bonchev–Trinajstić information content (AvgIpc) is 3.28. The summed E-state index contributed by atoms with van der Waals surface area (Å²) in [6.07, 6.45) is 4.50. The lowest BCUT2D eigenvalue weighted by Gasteiger charge is -2.21. The second-order valence-corrected chi connectivity index (χ2v) is 7.47. The Morgan fingerprint density at radius 3 is 2.64 bits per heavy atom. The highest BCUT2D eigenvalue weighted by Crippen LogP contribution is 2.35. The van der Waals surface area contributed by atoms with E-state index in [1.54, 1.807) is 36.4 Å². The first-order valence-electron chi connectivity index (χ1n) is 10.7. The number of hydrogen-bond donors (Lipinski definition) is 4. The van der Waals surface area contributed by atoms with Crippen molar-refractivity contribution in [2.24, 2.45) is 5.73 Å². The summed E-state index contributed by atoms with van der Waals surface area (Å²) < 4.78 is 27.3. The van der Waals surface area contributed by atoms with Gasteiger partial charge in [0.1, 0.15) is 24.3 Å². The van der Waals surface area contributed by atoms with Gasteiger partial charge in [0.2, 0.25) is 0 Å². The molecule has 12 heteroatoms. The van der Waals surface area contributed by atoms with Crippen molar-refractivity contribution in [2.45, 2.75) is 6.04 Å². The maximum absolute atomic E-state index is 15.4. The molecule has 0 radical (unpaired) electrons. The molecule has 36 heavy (non-hydrogen) atoms. The van der Waals surface area contributed by atoms with Crippen LogP contribution in [-0.4, -0.2) is 44.3 Å². The number of ether oxygens (including phenoxy) is 2. The lowest BCUT2D eigenvalue weighted by Crippen LogP contribution is -2.18. The number of H-pyrrole nitrogens is 1. The molecule has 0 aliphatic heterocycles. The van der Waals surface area contributed by atoms with Crippen molar-refractivity contribution >= 4 is 11.5 Å². The largest absolute Gasteiger partial charge is 0.493 e. The number of amidine groups is 1. The summed E-state index contributed by atoms with van der Waals surface area (Å²) in [6.45, 7) is 3.80. The maximum Gasteiger partial charge on any atom is 0.350 e. The molecule has 4 aromatic rings. The van der Waals surface area contributed by atoms with Crippen LogP contribution in [0, 0.1) is 11.2 Å². The van der Waals surface area contributed by atoms with Crippen LogP contribution in [0.25, 0.3) is 5.95 Å². The standard InChI is InChI=1S/C24H23FN8O3/c1-3-11-36-19-12-16(17(25)13-18(19)35-2)20(30-15-7-5-14(6-8-15)21(26)27)22-31-24(34)33(32-22)23-28-9-4-10-29-23/h3-10,12-13,20,30H,1,11H2,2H3,(H3,26,27)(H,31,32,34). The quantitative estimate of drug-likeness (QED) is 0.150. The summed E-state index contributed by atoms with van der Waals surface area (Å²) in [5.41, 5.74) is 6.14. The highest BCUT2D eigenvalue weighted by atomic mass is 19.1. The number of nitrogen functional groups attached to an aromatic ring is 1. The van der Waals surface area contributed by atoms with Crippen LogP contribution >= 0.6 is 0 Å². The number of nitrogens with zero attached hydrogens (tertiary/aromatic N) is 4. The van der Waals surface area contributed by atoms with Gasteiger partial charge in [-0.1, -0.05) is 12.7 Å². The fourth-order valence-electron chi connectivity index (χ4n) is 3.41. The normalized spacial score (nSPS) is 11.5. The van der Waals surface area contributed by atoms with Crippen LogP contribution in [0.1, 0.15) is 23.0 Å². The molecule has 1 unspecified atom stereocenters. The molecule has 0 spiro atoms. The molecule has 0 amide bonds. The fraction of sp³-hybridized carbons (Fsp3) is 0.125. The van der Waals surface area contributed by atoms with Gasteiger partial charge in [-0.25, -0.2) is 19.2 Å². The predicted molar refractivity (Wildman–Crippen MR) is 131 cm³/mol. The molecule has 2 aromatic heterocycles. The van der Waals surface area contributed by atoms with Crippen LogP contribution in [-0.2, 0) is 0 Å².